The highest BCUT2D eigenvalue weighted by Crippen LogP contribution is 2.44. The van der Waals surface area contributed by atoms with E-state index in [1.54, 1.807) is 6.92 Å². The number of nitrogens with zero attached hydrogens (tertiary/aromatic N) is 1. The molecular weight excluding hydrogens is 468 g/mol. The standard InChI is InChI=1S/C27H25ClN2O5/c1-3-30(16(2)26(32)33)25(31)17-12-13-24(23(28)14-17)29-27(34)35-15-22-20-10-6-4-8-18(20)19-9-5-7-11-21(19)22/h4-14,16,22H,3,15H2,1-2H3,(H,29,34)(H,32,33). The second-order valence-corrected chi connectivity index (χ2v) is 8.66. The predicted molar refractivity (Wildman–Crippen MR) is 134 cm³/mol. The molecular formula is C27H25ClN2O5. The number of aliphatic carboxylic acids is 1. The molecule has 0 spiro atoms. The normalized spacial score (nSPS) is 12.9. The molecule has 0 saturated carbocycles. The van der Waals surface area contributed by atoms with Crippen LogP contribution in [0.25, 0.3) is 11.1 Å². The van der Waals surface area contributed by atoms with Crippen LogP contribution in [-0.4, -0.2) is 47.2 Å². The summed E-state index contributed by atoms with van der Waals surface area (Å²) in [6.07, 6.45) is -0.664. The van der Waals surface area contributed by atoms with Crippen molar-refractivity contribution in [2.45, 2.75) is 25.8 Å². The first-order valence-corrected chi connectivity index (χ1v) is 11.6. The Kier molecular flexibility index (Phi) is 7.07. The van der Waals surface area contributed by atoms with Crippen LogP contribution in [0.3, 0.4) is 0 Å². The molecule has 0 bridgehead atoms. The van der Waals surface area contributed by atoms with Crippen LogP contribution in [0.4, 0.5) is 10.5 Å². The number of anilines is 1. The van der Waals surface area contributed by atoms with Crippen molar-refractivity contribution in [1.29, 1.82) is 0 Å². The van der Waals surface area contributed by atoms with Crippen molar-refractivity contribution >= 4 is 35.3 Å². The van der Waals surface area contributed by atoms with E-state index in [4.69, 9.17) is 16.3 Å². The highest BCUT2D eigenvalue weighted by molar-refractivity contribution is 6.34. The Morgan fingerprint density at radius 2 is 1.63 bits per heavy atom. The van der Waals surface area contributed by atoms with Gasteiger partial charge in [0.15, 0.2) is 0 Å². The van der Waals surface area contributed by atoms with Gasteiger partial charge in [0.1, 0.15) is 12.6 Å². The van der Waals surface area contributed by atoms with E-state index in [-0.39, 0.29) is 35.3 Å². The van der Waals surface area contributed by atoms with Gasteiger partial charge in [0.05, 0.1) is 10.7 Å². The topological polar surface area (TPSA) is 95.9 Å². The van der Waals surface area contributed by atoms with Crippen LogP contribution in [0.5, 0.6) is 0 Å². The first-order valence-electron chi connectivity index (χ1n) is 11.3. The van der Waals surface area contributed by atoms with Crippen molar-refractivity contribution in [1.82, 2.24) is 4.90 Å². The summed E-state index contributed by atoms with van der Waals surface area (Å²) in [6, 6.07) is 19.5. The van der Waals surface area contributed by atoms with Crippen LogP contribution in [-0.2, 0) is 9.53 Å². The van der Waals surface area contributed by atoms with Gasteiger partial charge in [0.25, 0.3) is 5.91 Å². The van der Waals surface area contributed by atoms with Crippen molar-refractivity contribution in [3.63, 3.8) is 0 Å². The molecule has 0 aromatic heterocycles. The fraction of sp³-hybridized carbons (Fsp3) is 0.222. The Bertz CT molecular complexity index is 1250. The number of nitrogens with one attached hydrogen (secondary N) is 1. The van der Waals surface area contributed by atoms with Gasteiger partial charge < -0.3 is 14.7 Å². The van der Waals surface area contributed by atoms with Crippen molar-refractivity contribution in [3.8, 4) is 11.1 Å². The zero-order valence-electron chi connectivity index (χ0n) is 19.3. The molecule has 0 aliphatic heterocycles. The van der Waals surface area contributed by atoms with Crippen molar-refractivity contribution in [2.75, 3.05) is 18.5 Å². The van der Waals surface area contributed by atoms with Crippen LogP contribution < -0.4 is 5.32 Å². The highest BCUT2D eigenvalue weighted by atomic mass is 35.5. The fourth-order valence-corrected chi connectivity index (χ4v) is 4.61. The Balaban J connectivity index is 1.43. The van der Waals surface area contributed by atoms with Crippen molar-refractivity contribution in [2.24, 2.45) is 0 Å². The second-order valence-electron chi connectivity index (χ2n) is 8.25. The summed E-state index contributed by atoms with van der Waals surface area (Å²) in [6.45, 7) is 3.53. The quantitative estimate of drug-likeness (QED) is 0.445. The molecule has 35 heavy (non-hydrogen) atoms. The molecule has 0 fully saturated rings. The molecule has 3 aromatic rings. The first-order chi connectivity index (χ1) is 16.8. The lowest BCUT2D eigenvalue weighted by Gasteiger charge is -2.25. The summed E-state index contributed by atoms with van der Waals surface area (Å²) in [5.41, 5.74) is 5.01. The maximum atomic E-state index is 12.8. The lowest BCUT2D eigenvalue weighted by molar-refractivity contribution is -0.141. The van der Waals surface area contributed by atoms with Gasteiger partial charge in [-0.25, -0.2) is 9.59 Å². The van der Waals surface area contributed by atoms with E-state index in [2.05, 4.69) is 17.4 Å². The summed E-state index contributed by atoms with van der Waals surface area (Å²) >= 11 is 6.31. The minimum atomic E-state index is -1.10. The van der Waals surface area contributed by atoms with Crippen LogP contribution in [0.1, 0.15) is 41.3 Å². The Hall–Kier alpha value is -3.84. The molecule has 0 radical (unpaired) electrons. The van der Waals surface area contributed by atoms with E-state index < -0.39 is 24.0 Å². The van der Waals surface area contributed by atoms with E-state index >= 15 is 0 Å². The van der Waals surface area contributed by atoms with Gasteiger partial charge >= 0.3 is 12.1 Å². The zero-order chi connectivity index (χ0) is 25.1. The number of fused-ring (bicyclic) bond motifs is 3. The van der Waals surface area contributed by atoms with Gasteiger partial charge in [0, 0.05) is 18.0 Å². The highest BCUT2D eigenvalue weighted by Gasteiger charge is 2.29. The van der Waals surface area contributed by atoms with Gasteiger partial charge in [-0.2, -0.15) is 0 Å². The number of hydrogen-bond acceptors (Lipinski definition) is 4. The molecule has 2 amide bonds. The first kappa shape index (κ1) is 24.3. The molecule has 1 unspecified atom stereocenters. The van der Waals surface area contributed by atoms with Crippen LogP contribution in [0.2, 0.25) is 5.02 Å². The van der Waals surface area contributed by atoms with E-state index in [1.807, 2.05) is 36.4 Å². The second kappa shape index (κ2) is 10.2. The Morgan fingerprint density at radius 3 is 2.17 bits per heavy atom. The van der Waals surface area contributed by atoms with Gasteiger partial charge in [-0.15, -0.1) is 0 Å². The molecule has 0 saturated heterocycles. The lowest BCUT2D eigenvalue weighted by atomic mass is 9.98. The average Bonchev–Trinajstić information content (AvgIpc) is 3.18. The average molecular weight is 493 g/mol. The summed E-state index contributed by atoms with van der Waals surface area (Å²) < 4.78 is 5.54. The van der Waals surface area contributed by atoms with E-state index in [0.717, 1.165) is 22.3 Å². The van der Waals surface area contributed by atoms with Crippen LogP contribution >= 0.6 is 11.6 Å². The largest absolute Gasteiger partial charge is 0.480 e. The van der Waals surface area contributed by atoms with Crippen LogP contribution in [0, 0.1) is 0 Å². The molecule has 180 valence electrons. The Morgan fingerprint density at radius 1 is 1.03 bits per heavy atom. The SMILES string of the molecule is CCN(C(=O)c1ccc(NC(=O)OCC2c3ccccc3-c3ccccc32)c(Cl)c1)C(C)C(=O)O. The summed E-state index contributed by atoms with van der Waals surface area (Å²) in [4.78, 5) is 37.8. The number of carbonyl (C=O) groups is 3. The number of rotatable bonds is 7. The lowest BCUT2D eigenvalue weighted by Crippen LogP contribution is -2.43. The molecule has 1 aliphatic rings. The number of hydrogen-bond donors (Lipinski definition) is 2. The molecule has 7 nitrogen and oxygen atoms in total. The Labute approximate surface area is 208 Å². The van der Waals surface area contributed by atoms with Crippen LogP contribution in [0.15, 0.2) is 66.7 Å². The van der Waals surface area contributed by atoms with Gasteiger partial charge in [-0.05, 0) is 54.3 Å². The number of amides is 2. The number of halogens is 1. The van der Waals surface area contributed by atoms with Crippen molar-refractivity contribution in [3.05, 3.63) is 88.4 Å². The summed E-state index contributed by atoms with van der Waals surface area (Å²) in [5, 5.41) is 12.0. The smallest absolute Gasteiger partial charge is 0.411 e. The number of carboxylic acid groups (broad SMARTS) is 1. The van der Waals surface area contributed by atoms with Gasteiger partial charge in [-0.1, -0.05) is 60.1 Å². The van der Waals surface area contributed by atoms with Crippen molar-refractivity contribution < 1.29 is 24.2 Å². The maximum Gasteiger partial charge on any atom is 0.411 e. The molecule has 3 aromatic carbocycles. The number of ether oxygens (including phenoxy) is 1. The summed E-state index contributed by atoms with van der Waals surface area (Å²) in [5.74, 6) is -1.63. The number of carbonyl (C=O) groups excluding carboxylic acids is 2. The third-order valence-electron chi connectivity index (χ3n) is 6.22. The van der Waals surface area contributed by atoms with E-state index in [9.17, 15) is 19.5 Å². The number of benzene rings is 3. The summed E-state index contributed by atoms with van der Waals surface area (Å²) in [7, 11) is 0. The monoisotopic (exact) mass is 492 g/mol. The minimum absolute atomic E-state index is 0.0696. The predicted octanol–water partition coefficient (Wildman–Crippen LogP) is 5.64. The molecule has 1 atom stereocenters. The molecule has 4 rings (SSSR count). The zero-order valence-corrected chi connectivity index (χ0v) is 20.1. The fourth-order valence-electron chi connectivity index (χ4n) is 4.39. The molecule has 1 aliphatic carbocycles. The number of carboxylic acids is 1. The molecule has 8 heteroatoms. The number of likely N-dealkylation sites (N-methyl/N-ethyl adjacent to an activating group) is 1. The molecule has 2 N–H and O–H groups in total. The van der Waals surface area contributed by atoms with Gasteiger partial charge in [-0.3, -0.25) is 10.1 Å². The van der Waals surface area contributed by atoms with E-state index in [1.165, 1.54) is 30.0 Å². The van der Waals surface area contributed by atoms with E-state index in [0.29, 0.717) is 0 Å². The van der Waals surface area contributed by atoms with Gasteiger partial charge in [0.2, 0.25) is 0 Å². The maximum absolute atomic E-state index is 12.8. The minimum Gasteiger partial charge on any atom is -0.480 e. The molecule has 0 heterocycles. The third kappa shape index (κ3) is 4.86. The third-order valence-corrected chi connectivity index (χ3v) is 6.54.